The molecule has 1 aliphatic rings. The van der Waals surface area contributed by atoms with E-state index in [1.54, 1.807) is 13.1 Å². The van der Waals surface area contributed by atoms with Gasteiger partial charge in [0.25, 0.3) is 0 Å². The number of hydrogen-bond donors (Lipinski definition) is 1. The Morgan fingerprint density at radius 1 is 1.24 bits per heavy atom. The molecule has 2 heterocycles. The second-order valence-electron chi connectivity index (χ2n) is 6.42. The van der Waals surface area contributed by atoms with Gasteiger partial charge in [0.15, 0.2) is 5.69 Å². The van der Waals surface area contributed by atoms with Crippen LogP contribution in [0.1, 0.15) is 49.2 Å². The van der Waals surface area contributed by atoms with E-state index in [9.17, 15) is 4.79 Å². The summed E-state index contributed by atoms with van der Waals surface area (Å²) in [6, 6.07) is 6.04. The van der Waals surface area contributed by atoms with Crippen LogP contribution in [0.15, 0.2) is 24.4 Å². The Morgan fingerprint density at radius 3 is 2.76 bits per heavy atom. The van der Waals surface area contributed by atoms with Crippen molar-refractivity contribution in [3.63, 3.8) is 0 Å². The van der Waals surface area contributed by atoms with Crippen LogP contribution in [0.5, 0.6) is 5.75 Å². The summed E-state index contributed by atoms with van der Waals surface area (Å²) in [5.41, 5.74) is 3.23. The van der Waals surface area contributed by atoms with Crippen molar-refractivity contribution in [2.45, 2.75) is 45.6 Å². The molecule has 25 heavy (non-hydrogen) atoms. The number of ether oxygens (including phenoxy) is 2. The molecule has 2 aromatic heterocycles. The second kappa shape index (κ2) is 6.39. The summed E-state index contributed by atoms with van der Waals surface area (Å²) in [6.45, 7) is 4.18. The number of pyridine rings is 1. The van der Waals surface area contributed by atoms with Crippen molar-refractivity contribution in [3.8, 4) is 5.75 Å². The smallest absolute Gasteiger partial charge is 0.357 e. The Labute approximate surface area is 146 Å². The van der Waals surface area contributed by atoms with Gasteiger partial charge in [0.2, 0.25) is 0 Å². The van der Waals surface area contributed by atoms with E-state index in [2.05, 4.69) is 9.97 Å². The molecule has 0 spiro atoms. The van der Waals surface area contributed by atoms with Gasteiger partial charge in [0.05, 0.1) is 29.9 Å². The second-order valence-corrected chi connectivity index (χ2v) is 6.42. The Balaban J connectivity index is 1.95. The lowest BCUT2D eigenvalue weighted by molar-refractivity contribution is 0.0518. The molecule has 130 valence electrons. The summed E-state index contributed by atoms with van der Waals surface area (Å²) in [5, 5.41) is 2.06. The first kappa shape index (κ1) is 15.9. The fraction of sp³-hybridized carbons (Fsp3) is 0.400. The molecule has 1 fully saturated rings. The molecule has 0 unspecified atom stereocenters. The first-order valence-corrected chi connectivity index (χ1v) is 8.99. The largest absolute Gasteiger partial charge is 0.490 e. The van der Waals surface area contributed by atoms with Gasteiger partial charge in [-0.05, 0) is 50.3 Å². The number of rotatable bonds is 5. The van der Waals surface area contributed by atoms with Crippen molar-refractivity contribution < 1.29 is 14.3 Å². The van der Waals surface area contributed by atoms with E-state index in [4.69, 9.17) is 9.47 Å². The molecular weight excluding hydrogens is 316 g/mol. The Hall–Kier alpha value is -2.56. The van der Waals surface area contributed by atoms with Crippen LogP contribution in [0.25, 0.3) is 21.8 Å². The molecule has 1 saturated carbocycles. The topological polar surface area (TPSA) is 64.2 Å². The van der Waals surface area contributed by atoms with Crippen molar-refractivity contribution >= 4 is 27.8 Å². The van der Waals surface area contributed by atoms with Crippen LogP contribution in [0.2, 0.25) is 0 Å². The highest BCUT2D eigenvalue weighted by molar-refractivity contribution is 6.13. The van der Waals surface area contributed by atoms with E-state index < -0.39 is 0 Å². The molecule has 0 atom stereocenters. The molecule has 4 rings (SSSR count). The molecule has 0 amide bonds. The van der Waals surface area contributed by atoms with Gasteiger partial charge in [0.1, 0.15) is 5.75 Å². The summed E-state index contributed by atoms with van der Waals surface area (Å²) in [4.78, 5) is 20.1. The minimum atomic E-state index is -0.368. The lowest BCUT2D eigenvalue weighted by Crippen LogP contribution is -2.24. The Kier molecular flexibility index (Phi) is 4.07. The van der Waals surface area contributed by atoms with Crippen molar-refractivity contribution in [2.24, 2.45) is 0 Å². The first-order chi connectivity index (χ1) is 12.2. The molecule has 0 saturated heterocycles. The minimum Gasteiger partial charge on any atom is -0.490 e. The van der Waals surface area contributed by atoms with E-state index in [-0.39, 0.29) is 5.97 Å². The predicted octanol–water partition coefficient (Wildman–Crippen LogP) is 4.39. The standard InChI is InChI=1S/C20H22N2O3/c1-3-13-17-15(11-21-19(13)20(23)24-4-2)22-14-9-6-10-16(18(14)17)25-12-7-5-8-12/h6,9-12,22H,3-5,7-8H2,1-2H3. The van der Waals surface area contributed by atoms with Gasteiger partial charge in [-0.25, -0.2) is 9.78 Å². The third kappa shape index (κ3) is 2.64. The molecular formula is C20H22N2O3. The maximum absolute atomic E-state index is 12.3. The molecule has 0 radical (unpaired) electrons. The number of carbonyl (C=O) groups excluding carboxylic acids is 1. The molecule has 3 aromatic rings. The Morgan fingerprint density at radius 2 is 2.08 bits per heavy atom. The number of aromatic nitrogens is 2. The number of aromatic amines is 1. The van der Waals surface area contributed by atoms with Crippen LogP contribution in [0, 0.1) is 0 Å². The summed E-state index contributed by atoms with van der Waals surface area (Å²) in [7, 11) is 0. The van der Waals surface area contributed by atoms with Gasteiger partial charge in [-0.15, -0.1) is 0 Å². The normalized spacial score (nSPS) is 14.6. The number of hydrogen-bond acceptors (Lipinski definition) is 4. The molecule has 0 bridgehead atoms. The minimum absolute atomic E-state index is 0.298. The lowest BCUT2D eigenvalue weighted by atomic mass is 9.96. The average Bonchev–Trinajstić information content (AvgIpc) is 2.96. The summed E-state index contributed by atoms with van der Waals surface area (Å²) in [5.74, 6) is 0.511. The number of H-pyrrole nitrogens is 1. The molecule has 1 N–H and O–H groups in total. The zero-order chi connectivity index (χ0) is 17.4. The van der Waals surface area contributed by atoms with Gasteiger partial charge in [-0.3, -0.25) is 0 Å². The third-order valence-corrected chi connectivity index (χ3v) is 4.89. The van der Waals surface area contributed by atoms with Crippen molar-refractivity contribution in [1.29, 1.82) is 0 Å². The highest BCUT2D eigenvalue weighted by Crippen LogP contribution is 2.38. The number of aryl methyl sites for hydroxylation is 1. The molecule has 0 aliphatic heterocycles. The van der Waals surface area contributed by atoms with Gasteiger partial charge < -0.3 is 14.5 Å². The van der Waals surface area contributed by atoms with Crippen LogP contribution in [0.4, 0.5) is 0 Å². The number of nitrogens with zero attached hydrogens (tertiary/aromatic N) is 1. The molecule has 1 aliphatic carbocycles. The van der Waals surface area contributed by atoms with E-state index in [1.165, 1.54) is 6.42 Å². The van der Waals surface area contributed by atoms with E-state index >= 15 is 0 Å². The number of benzene rings is 1. The van der Waals surface area contributed by atoms with Crippen LogP contribution >= 0.6 is 0 Å². The van der Waals surface area contributed by atoms with Crippen LogP contribution in [-0.4, -0.2) is 28.6 Å². The summed E-state index contributed by atoms with van der Waals surface area (Å²) < 4.78 is 11.4. The zero-order valence-corrected chi connectivity index (χ0v) is 14.6. The summed E-state index contributed by atoms with van der Waals surface area (Å²) >= 11 is 0. The quantitative estimate of drug-likeness (QED) is 0.701. The zero-order valence-electron chi connectivity index (χ0n) is 14.6. The van der Waals surface area contributed by atoms with Crippen molar-refractivity contribution in [1.82, 2.24) is 9.97 Å². The number of carbonyl (C=O) groups is 1. The number of esters is 1. The van der Waals surface area contributed by atoms with Crippen molar-refractivity contribution in [2.75, 3.05) is 6.61 Å². The Bertz CT molecular complexity index is 941. The van der Waals surface area contributed by atoms with Gasteiger partial charge in [-0.2, -0.15) is 0 Å². The van der Waals surface area contributed by atoms with Gasteiger partial charge >= 0.3 is 5.97 Å². The highest BCUT2D eigenvalue weighted by atomic mass is 16.5. The maximum Gasteiger partial charge on any atom is 0.357 e. The lowest BCUT2D eigenvalue weighted by Gasteiger charge is -2.26. The highest BCUT2D eigenvalue weighted by Gasteiger charge is 2.23. The summed E-state index contributed by atoms with van der Waals surface area (Å²) in [6.07, 6.45) is 6.15. The first-order valence-electron chi connectivity index (χ1n) is 8.99. The number of fused-ring (bicyclic) bond motifs is 3. The van der Waals surface area contributed by atoms with Crippen LogP contribution < -0.4 is 4.74 Å². The fourth-order valence-corrected chi connectivity index (χ4v) is 3.46. The van der Waals surface area contributed by atoms with E-state index in [1.807, 2.05) is 25.1 Å². The van der Waals surface area contributed by atoms with Crippen molar-refractivity contribution in [3.05, 3.63) is 35.7 Å². The average molecular weight is 338 g/mol. The maximum atomic E-state index is 12.3. The SMILES string of the molecule is CCOC(=O)c1ncc2[nH]c3cccc(OC4CCC4)c3c2c1CC. The van der Waals surface area contributed by atoms with Gasteiger partial charge in [-0.1, -0.05) is 13.0 Å². The molecule has 5 nitrogen and oxygen atoms in total. The van der Waals surface area contributed by atoms with Crippen LogP contribution in [-0.2, 0) is 11.2 Å². The van der Waals surface area contributed by atoms with Gasteiger partial charge in [0, 0.05) is 10.8 Å². The monoisotopic (exact) mass is 338 g/mol. The molecule has 1 aromatic carbocycles. The fourth-order valence-electron chi connectivity index (χ4n) is 3.46. The third-order valence-electron chi connectivity index (χ3n) is 4.89. The molecule has 5 heteroatoms. The van der Waals surface area contributed by atoms with E-state index in [0.29, 0.717) is 24.8 Å². The van der Waals surface area contributed by atoms with Crippen LogP contribution in [0.3, 0.4) is 0 Å². The van der Waals surface area contributed by atoms with E-state index in [0.717, 1.165) is 46.0 Å². The predicted molar refractivity (Wildman–Crippen MR) is 97.2 cm³/mol. The number of nitrogens with one attached hydrogen (secondary N) is 1.